The number of fused-ring (bicyclic) bond motifs is 1. The Morgan fingerprint density at radius 3 is 1.94 bits per heavy atom. The van der Waals surface area contributed by atoms with Gasteiger partial charge in [-0.15, -0.1) is 0 Å². The highest BCUT2D eigenvalue weighted by Crippen LogP contribution is 2.30. The lowest BCUT2D eigenvalue weighted by atomic mass is 9.84. The van der Waals surface area contributed by atoms with Crippen LogP contribution in [0, 0.1) is 5.41 Å². The minimum atomic E-state index is -1.04. The van der Waals surface area contributed by atoms with Crippen molar-refractivity contribution in [1.82, 2.24) is 4.90 Å². The van der Waals surface area contributed by atoms with Crippen LogP contribution in [-0.2, 0) is 9.53 Å². The lowest BCUT2D eigenvalue weighted by molar-refractivity contribution is -0.147. The van der Waals surface area contributed by atoms with Gasteiger partial charge in [-0.25, -0.2) is 4.79 Å². The van der Waals surface area contributed by atoms with Crippen LogP contribution < -0.4 is 0 Å². The van der Waals surface area contributed by atoms with Gasteiger partial charge < -0.3 is 4.74 Å². The van der Waals surface area contributed by atoms with E-state index in [9.17, 15) is 14.4 Å². The molecule has 2 unspecified atom stereocenters. The van der Waals surface area contributed by atoms with Crippen LogP contribution in [0.5, 0.6) is 0 Å². The normalized spacial score (nSPS) is 23.8. The molecule has 0 fully saturated rings. The molecule has 5 nitrogen and oxygen atoms in total. The second kappa shape index (κ2) is 13.4. The van der Waals surface area contributed by atoms with Crippen molar-refractivity contribution in [2.45, 2.75) is 52.0 Å². The number of nitrogens with zero attached hydrogens (tertiary/aromatic N) is 1. The number of rotatable bonds is 8. The summed E-state index contributed by atoms with van der Waals surface area (Å²) in [5.74, 6) is -1.52. The van der Waals surface area contributed by atoms with Crippen LogP contribution in [-0.4, -0.2) is 35.3 Å². The van der Waals surface area contributed by atoms with Gasteiger partial charge in [0.1, 0.15) is 6.04 Å². The zero-order valence-electron chi connectivity index (χ0n) is 21.1. The molecule has 0 saturated heterocycles. The standard InChI is InChI=1S/C31H35NO4/c1-3-5-21-31(22-15-11-9-7-6-8-10-12-16-23-31)24-17-20-27(30(35)36-4-2)32-28(33)25-18-13-14-19-26(25)29(32)34/h5,7-10,13-19,21-24,27H,3-4,6,11-12,20H2,1-2H3/b9-7-,10-8-,21-5-,22-15-,23-16?,24-17-. The molecule has 188 valence electrons. The number of carbonyl (C=O) groups excluding carboxylic acids is 3. The van der Waals surface area contributed by atoms with Crippen molar-refractivity contribution in [3.63, 3.8) is 0 Å². The van der Waals surface area contributed by atoms with Crippen molar-refractivity contribution in [2.75, 3.05) is 6.61 Å². The first kappa shape index (κ1) is 26.9. The summed E-state index contributed by atoms with van der Waals surface area (Å²) in [6, 6.07) is 5.61. The molecule has 0 spiro atoms. The number of imide groups is 1. The quantitative estimate of drug-likeness (QED) is 0.239. The second-order valence-corrected chi connectivity index (χ2v) is 8.70. The maximum atomic E-state index is 13.1. The van der Waals surface area contributed by atoms with E-state index < -0.39 is 29.2 Å². The van der Waals surface area contributed by atoms with E-state index in [1.807, 2.05) is 12.2 Å². The Bertz CT molecular complexity index is 1060. The summed E-state index contributed by atoms with van der Waals surface area (Å²) < 4.78 is 5.26. The number of hydrogen-bond acceptors (Lipinski definition) is 4. The van der Waals surface area contributed by atoms with Crippen LogP contribution in [0.4, 0.5) is 0 Å². The molecule has 3 rings (SSSR count). The summed E-state index contributed by atoms with van der Waals surface area (Å²) in [5, 5.41) is 0. The van der Waals surface area contributed by atoms with Crippen molar-refractivity contribution in [3.8, 4) is 0 Å². The van der Waals surface area contributed by atoms with Crippen molar-refractivity contribution in [3.05, 3.63) is 108 Å². The first-order valence-electron chi connectivity index (χ1n) is 12.7. The molecule has 1 aromatic carbocycles. The molecule has 0 saturated carbocycles. The van der Waals surface area contributed by atoms with E-state index in [1.165, 1.54) is 0 Å². The minimum absolute atomic E-state index is 0.160. The van der Waals surface area contributed by atoms with Crippen LogP contribution in [0.1, 0.15) is 66.7 Å². The van der Waals surface area contributed by atoms with Gasteiger partial charge in [0.2, 0.25) is 0 Å². The SMILES string of the molecule is CC/C=C\C1(/C=C\CC(C(=O)OCC)N2C(=O)c3ccccc3C2=O)C=CC/C=C\C/C=C\C/C=C\1. The molecule has 2 atom stereocenters. The van der Waals surface area contributed by atoms with E-state index in [1.54, 1.807) is 31.2 Å². The fraction of sp³-hybridized carbons (Fsp3) is 0.323. The van der Waals surface area contributed by atoms with Gasteiger partial charge in [-0.2, -0.15) is 0 Å². The smallest absolute Gasteiger partial charge is 0.329 e. The van der Waals surface area contributed by atoms with Gasteiger partial charge in [0.25, 0.3) is 11.8 Å². The highest BCUT2D eigenvalue weighted by Gasteiger charge is 2.42. The molecule has 2 amide bonds. The third kappa shape index (κ3) is 6.69. The number of benzene rings is 1. The molecule has 1 aromatic rings. The fourth-order valence-corrected chi connectivity index (χ4v) is 4.26. The van der Waals surface area contributed by atoms with Crippen LogP contribution >= 0.6 is 0 Å². The van der Waals surface area contributed by atoms with Crippen LogP contribution in [0.25, 0.3) is 0 Å². The van der Waals surface area contributed by atoms with Crippen LogP contribution in [0.15, 0.2) is 97.2 Å². The average molecular weight is 486 g/mol. The van der Waals surface area contributed by atoms with Gasteiger partial charge in [-0.3, -0.25) is 14.5 Å². The highest BCUT2D eigenvalue weighted by atomic mass is 16.5. The van der Waals surface area contributed by atoms with Gasteiger partial charge in [0, 0.05) is 5.41 Å². The number of allylic oxidation sites excluding steroid dienone is 11. The van der Waals surface area contributed by atoms with Gasteiger partial charge >= 0.3 is 5.97 Å². The van der Waals surface area contributed by atoms with Gasteiger partial charge in [0.15, 0.2) is 0 Å². The van der Waals surface area contributed by atoms with E-state index >= 15 is 0 Å². The molecular formula is C31H35NO4. The van der Waals surface area contributed by atoms with Gasteiger partial charge in [-0.1, -0.05) is 92.0 Å². The Morgan fingerprint density at radius 1 is 0.889 bits per heavy atom. The lowest BCUT2D eigenvalue weighted by Crippen LogP contribution is -2.45. The molecule has 2 aliphatic rings. The molecule has 1 aliphatic heterocycles. The first-order chi connectivity index (χ1) is 17.5. The van der Waals surface area contributed by atoms with Crippen molar-refractivity contribution < 1.29 is 19.1 Å². The number of esters is 1. The van der Waals surface area contributed by atoms with Gasteiger partial charge in [0.05, 0.1) is 17.7 Å². The fourth-order valence-electron chi connectivity index (χ4n) is 4.26. The zero-order chi connectivity index (χ0) is 25.8. The Morgan fingerprint density at radius 2 is 1.42 bits per heavy atom. The van der Waals surface area contributed by atoms with Crippen molar-refractivity contribution in [2.24, 2.45) is 5.41 Å². The molecule has 0 radical (unpaired) electrons. The summed E-state index contributed by atoms with van der Waals surface area (Å²) in [4.78, 5) is 40.1. The predicted octanol–water partition coefficient (Wildman–Crippen LogP) is 6.52. The first-order valence-corrected chi connectivity index (χ1v) is 12.7. The molecule has 0 aromatic heterocycles. The highest BCUT2D eigenvalue weighted by molar-refractivity contribution is 6.22. The summed E-state index contributed by atoms with van der Waals surface area (Å²) in [7, 11) is 0. The second-order valence-electron chi connectivity index (χ2n) is 8.70. The van der Waals surface area contributed by atoms with Crippen LogP contribution in [0.3, 0.4) is 0 Å². The van der Waals surface area contributed by atoms with E-state index in [0.717, 1.165) is 30.6 Å². The molecule has 1 heterocycles. The van der Waals surface area contributed by atoms with E-state index in [0.29, 0.717) is 11.1 Å². The van der Waals surface area contributed by atoms with Crippen LogP contribution in [0.2, 0.25) is 0 Å². The monoisotopic (exact) mass is 485 g/mol. The van der Waals surface area contributed by atoms with Crippen molar-refractivity contribution >= 4 is 17.8 Å². The Labute approximate surface area is 214 Å². The average Bonchev–Trinajstić information content (AvgIpc) is 3.12. The van der Waals surface area contributed by atoms with E-state index in [-0.39, 0.29) is 13.0 Å². The number of carbonyl (C=O) groups is 3. The third-order valence-electron chi connectivity index (χ3n) is 6.07. The third-order valence-corrected chi connectivity index (χ3v) is 6.07. The largest absolute Gasteiger partial charge is 0.464 e. The Kier molecular flexibility index (Phi) is 9.99. The minimum Gasteiger partial charge on any atom is -0.464 e. The Hall–Kier alpha value is -3.73. The molecule has 0 N–H and O–H groups in total. The zero-order valence-corrected chi connectivity index (χ0v) is 21.1. The van der Waals surface area contributed by atoms with Gasteiger partial charge in [-0.05, 0) is 51.2 Å². The predicted molar refractivity (Wildman–Crippen MR) is 143 cm³/mol. The summed E-state index contributed by atoms with van der Waals surface area (Å²) >= 11 is 0. The topological polar surface area (TPSA) is 63.7 Å². The Balaban J connectivity index is 1.92. The summed E-state index contributed by atoms with van der Waals surface area (Å²) in [6.07, 6.45) is 28.9. The van der Waals surface area contributed by atoms with E-state index in [2.05, 4.69) is 67.7 Å². The lowest BCUT2D eigenvalue weighted by Gasteiger charge is -2.24. The van der Waals surface area contributed by atoms with Crippen molar-refractivity contribution in [1.29, 1.82) is 0 Å². The number of amides is 2. The number of ether oxygens (including phenoxy) is 1. The molecular weight excluding hydrogens is 450 g/mol. The maximum absolute atomic E-state index is 13.1. The van der Waals surface area contributed by atoms with E-state index in [4.69, 9.17) is 4.74 Å². The molecule has 0 bridgehead atoms. The molecule has 5 heteroatoms. The molecule has 1 aliphatic carbocycles. The summed E-state index contributed by atoms with van der Waals surface area (Å²) in [6.45, 7) is 3.96. The summed E-state index contributed by atoms with van der Waals surface area (Å²) in [5.41, 5.74) is 0.141. The number of hydrogen-bond donors (Lipinski definition) is 0. The molecule has 36 heavy (non-hydrogen) atoms. The maximum Gasteiger partial charge on any atom is 0.329 e.